The Bertz CT molecular complexity index is 1040. The van der Waals surface area contributed by atoms with Gasteiger partial charge >= 0.3 is 6.09 Å². The van der Waals surface area contributed by atoms with Gasteiger partial charge in [0.2, 0.25) is 0 Å². The molecule has 0 aliphatic rings. The number of hydrogen-bond donors (Lipinski definition) is 1. The molecule has 0 radical (unpaired) electrons. The van der Waals surface area contributed by atoms with E-state index in [0.29, 0.717) is 5.56 Å². The first-order chi connectivity index (χ1) is 14.2. The molecule has 31 heavy (non-hydrogen) atoms. The lowest BCUT2D eigenvalue weighted by molar-refractivity contribution is -0.384. The third-order valence-electron chi connectivity index (χ3n) is 3.53. The summed E-state index contributed by atoms with van der Waals surface area (Å²) in [7, 11) is 0. The smallest absolute Gasteiger partial charge is 0.412 e. The van der Waals surface area contributed by atoms with Gasteiger partial charge in [-0.1, -0.05) is 11.8 Å². The van der Waals surface area contributed by atoms with Gasteiger partial charge < -0.3 is 9.47 Å². The summed E-state index contributed by atoms with van der Waals surface area (Å²) in [5.41, 5.74) is -1.07. The Balaban J connectivity index is 2.54. The number of carbonyl (C=O) groups is 1. The van der Waals surface area contributed by atoms with Crippen LogP contribution in [0.25, 0.3) is 0 Å². The van der Waals surface area contributed by atoms with E-state index in [1.54, 1.807) is 20.8 Å². The fourth-order valence-corrected chi connectivity index (χ4v) is 2.42. The zero-order valence-corrected chi connectivity index (χ0v) is 18.3. The summed E-state index contributed by atoms with van der Waals surface area (Å²) in [5.74, 6) is 5.54. The minimum absolute atomic E-state index is 0.0779. The number of amides is 1. The molecule has 2 aromatic carbocycles. The molecule has 0 fully saturated rings. The molecule has 0 aliphatic carbocycles. The molecule has 164 valence electrons. The third-order valence-corrected chi connectivity index (χ3v) is 3.53. The summed E-state index contributed by atoms with van der Waals surface area (Å²) < 4.78 is 24.2. The van der Waals surface area contributed by atoms with E-state index >= 15 is 0 Å². The van der Waals surface area contributed by atoms with Crippen molar-refractivity contribution in [1.82, 2.24) is 0 Å². The van der Waals surface area contributed by atoms with Crippen LogP contribution in [0.3, 0.4) is 0 Å². The SMILES string of the molecule is CC(C)(C)OC(=O)Nc1cc(OC(C)(C)C)c(C#Cc2ccc(F)cc2)cc1[N+](=O)[O-]. The molecule has 2 aromatic rings. The van der Waals surface area contributed by atoms with Gasteiger partial charge in [0.15, 0.2) is 0 Å². The van der Waals surface area contributed by atoms with E-state index in [9.17, 15) is 19.3 Å². The maximum absolute atomic E-state index is 13.1. The van der Waals surface area contributed by atoms with E-state index in [-0.39, 0.29) is 22.7 Å². The lowest BCUT2D eigenvalue weighted by Gasteiger charge is -2.23. The van der Waals surface area contributed by atoms with Crippen molar-refractivity contribution < 1.29 is 23.6 Å². The third kappa shape index (κ3) is 7.63. The maximum atomic E-state index is 13.1. The van der Waals surface area contributed by atoms with Crippen molar-refractivity contribution in [2.24, 2.45) is 0 Å². The molecule has 0 bridgehead atoms. The zero-order chi connectivity index (χ0) is 23.4. The van der Waals surface area contributed by atoms with Crippen LogP contribution in [0.4, 0.5) is 20.6 Å². The van der Waals surface area contributed by atoms with Crippen LogP contribution < -0.4 is 10.1 Å². The average molecular weight is 428 g/mol. The van der Waals surface area contributed by atoms with Crippen molar-refractivity contribution in [3.8, 4) is 17.6 Å². The average Bonchev–Trinajstić information content (AvgIpc) is 2.59. The van der Waals surface area contributed by atoms with Gasteiger partial charge in [0, 0.05) is 17.7 Å². The second-order valence-corrected chi connectivity index (χ2v) is 8.72. The molecule has 7 nitrogen and oxygen atoms in total. The minimum Gasteiger partial charge on any atom is -0.487 e. The predicted molar refractivity (Wildman–Crippen MR) is 116 cm³/mol. The Morgan fingerprint density at radius 1 is 1.03 bits per heavy atom. The molecular weight excluding hydrogens is 403 g/mol. The van der Waals surface area contributed by atoms with Gasteiger partial charge in [0.05, 0.1) is 10.5 Å². The molecule has 0 saturated carbocycles. The second-order valence-electron chi connectivity index (χ2n) is 8.72. The van der Waals surface area contributed by atoms with Gasteiger partial charge in [-0.05, 0) is 65.8 Å². The summed E-state index contributed by atoms with van der Waals surface area (Å²) >= 11 is 0. The van der Waals surface area contributed by atoms with Gasteiger partial charge in [-0.25, -0.2) is 9.18 Å². The van der Waals surface area contributed by atoms with Crippen LogP contribution >= 0.6 is 0 Å². The first-order valence-electron chi connectivity index (χ1n) is 9.52. The van der Waals surface area contributed by atoms with Gasteiger partial charge in [-0.2, -0.15) is 0 Å². The highest BCUT2D eigenvalue weighted by Crippen LogP contribution is 2.34. The first kappa shape index (κ1) is 23.7. The summed E-state index contributed by atoms with van der Waals surface area (Å²) in [5, 5.41) is 14.0. The number of benzene rings is 2. The zero-order valence-electron chi connectivity index (χ0n) is 18.3. The Hall–Kier alpha value is -3.60. The number of rotatable bonds is 3. The van der Waals surface area contributed by atoms with Crippen molar-refractivity contribution in [1.29, 1.82) is 0 Å². The van der Waals surface area contributed by atoms with Gasteiger partial charge in [0.25, 0.3) is 5.69 Å². The normalized spacial score (nSPS) is 11.2. The van der Waals surface area contributed by atoms with Crippen molar-refractivity contribution in [3.05, 3.63) is 63.5 Å². The van der Waals surface area contributed by atoms with Crippen LogP contribution in [-0.4, -0.2) is 22.2 Å². The number of carbonyl (C=O) groups excluding carboxylic acids is 1. The van der Waals surface area contributed by atoms with Crippen LogP contribution in [0, 0.1) is 27.8 Å². The van der Waals surface area contributed by atoms with Gasteiger partial charge in [0.1, 0.15) is 28.5 Å². The Morgan fingerprint density at radius 3 is 2.16 bits per heavy atom. The fourth-order valence-electron chi connectivity index (χ4n) is 2.42. The molecule has 0 saturated heterocycles. The summed E-state index contributed by atoms with van der Waals surface area (Å²) in [6.07, 6.45) is -0.831. The highest BCUT2D eigenvalue weighted by Gasteiger charge is 2.25. The number of nitro groups is 1. The molecular formula is C23H25FN2O5. The Kier molecular flexibility index (Phi) is 6.91. The van der Waals surface area contributed by atoms with E-state index in [1.165, 1.54) is 36.4 Å². The van der Waals surface area contributed by atoms with Crippen LogP contribution in [0.15, 0.2) is 36.4 Å². The lowest BCUT2D eigenvalue weighted by Crippen LogP contribution is -2.27. The number of nitrogens with zero attached hydrogens (tertiary/aromatic N) is 1. The number of halogens is 1. The number of hydrogen-bond acceptors (Lipinski definition) is 5. The van der Waals surface area contributed by atoms with E-state index in [0.717, 1.165) is 0 Å². The van der Waals surface area contributed by atoms with Gasteiger partial charge in [-0.15, -0.1) is 0 Å². The molecule has 0 heterocycles. The highest BCUT2D eigenvalue weighted by atomic mass is 19.1. The number of ether oxygens (including phenoxy) is 2. The topological polar surface area (TPSA) is 90.7 Å². The van der Waals surface area contributed by atoms with E-state index in [2.05, 4.69) is 17.2 Å². The van der Waals surface area contributed by atoms with Gasteiger partial charge in [-0.3, -0.25) is 15.4 Å². The molecule has 1 amide bonds. The standard InChI is InChI=1S/C23H25FN2O5/c1-22(2,3)30-20-14-18(25-21(27)31-23(4,5)6)19(26(28)29)13-16(20)10-7-15-8-11-17(24)12-9-15/h8-9,11-14H,1-6H3,(H,25,27). The molecule has 0 unspecified atom stereocenters. The molecule has 1 N–H and O–H groups in total. The second kappa shape index (κ2) is 9.04. The van der Waals surface area contributed by atoms with E-state index in [1.807, 2.05) is 20.8 Å². The van der Waals surface area contributed by atoms with Crippen LogP contribution in [0.2, 0.25) is 0 Å². The molecule has 2 rings (SSSR count). The predicted octanol–water partition coefficient (Wildman–Crippen LogP) is 5.66. The largest absolute Gasteiger partial charge is 0.487 e. The van der Waals surface area contributed by atoms with Crippen LogP contribution in [0.1, 0.15) is 52.7 Å². The van der Waals surface area contributed by atoms with Crippen LogP contribution in [0.5, 0.6) is 5.75 Å². The number of nitro benzene ring substituents is 1. The molecule has 0 spiro atoms. The fraction of sp³-hybridized carbons (Fsp3) is 0.348. The quantitative estimate of drug-likeness (QED) is 0.387. The van der Waals surface area contributed by atoms with Crippen LogP contribution in [-0.2, 0) is 4.74 Å². The minimum atomic E-state index is -0.831. The molecule has 0 atom stereocenters. The number of anilines is 1. The first-order valence-corrected chi connectivity index (χ1v) is 9.52. The monoisotopic (exact) mass is 428 g/mol. The molecule has 0 aromatic heterocycles. The summed E-state index contributed by atoms with van der Waals surface area (Å²) in [6.45, 7) is 10.5. The number of nitrogens with one attached hydrogen (secondary N) is 1. The lowest BCUT2D eigenvalue weighted by atomic mass is 10.1. The summed E-state index contributed by atoms with van der Waals surface area (Å²) in [6, 6.07) is 8.12. The Labute approximate surface area is 180 Å². The molecule has 8 heteroatoms. The van der Waals surface area contributed by atoms with Crippen molar-refractivity contribution in [2.75, 3.05) is 5.32 Å². The van der Waals surface area contributed by atoms with Crippen molar-refractivity contribution in [2.45, 2.75) is 52.7 Å². The summed E-state index contributed by atoms with van der Waals surface area (Å²) in [4.78, 5) is 23.2. The Morgan fingerprint density at radius 2 is 1.65 bits per heavy atom. The highest BCUT2D eigenvalue weighted by molar-refractivity contribution is 5.89. The molecule has 0 aliphatic heterocycles. The van der Waals surface area contributed by atoms with Crippen molar-refractivity contribution >= 4 is 17.5 Å². The maximum Gasteiger partial charge on any atom is 0.412 e. The van der Waals surface area contributed by atoms with E-state index in [4.69, 9.17) is 9.47 Å². The van der Waals surface area contributed by atoms with Crippen molar-refractivity contribution in [3.63, 3.8) is 0 Å². The van der Waals surface area contributed by atoms with E-state index < -0.39 is 28.0 Å².